The first-order chi connectivity index (χ1) is 16.6. The van der Waals surface area contributed by atoms with Crippen LogP contribution in [0.3, 0.4) is 0 Å². The first-order valence-corrected chi connectivity index (χ1v) is 11.2. The number of thiophene rings is 1. The van der Waals surface area contributed by atoms with Gasteiger partial charge in [-0.25, -0.2) is 9.78 Å². The van der Waals surface area contributed by atoms with Crippen LogP contribution in [-0.2, 0) is 0 Å². The number of fused-ring (bicyclic) bond motifs is 1. The Morgan fingerprint density at radius 2 is 1.59 bits per heavy atom. The van der Waals surface area contributed by atoms with E-state index in [1.54, 1.807) is 84.9 Å². The summed E-state index contributed by atoms with van der Waals surface area (Å²) in [6.45, 7) is 0. The molecule has 166 valence electrons. The van der Waals surface area contributed by atoms with Crippen molar-refractivity contribution in [3.63, 3.8) is 0 Å². The number of benzene rings is 3. The number of carbonyl (C=O) groups excluding carboxylic acids is 2. The van der Waals surface area contributed by atoms with Crippen molar-refractivity contribution >= 4 is 45.4 Å². The standard InChI is InChI=1S/C26H17N3O4S/c30-23(17-5-3-6-19(15-17)28-24(31)22-9-4-14-34-22)27-18-12-10-16(11-13-18)25-29-21-8-2-1-7-20(21)26(32)33-25/h1-15H,(H,27,30)(H,28,31). The molecule has 0 unspecified atom stereocenters. The third-order valence-corrected chi connectivity index (χ3v) is 5.92. The molecule has 0 bridgehead atoms. The smallest absolute Gasteiger partial charge is 0.347 e. The van der Waals surface area contributed by atoms with Crippen LogP contribution in [0.25, 0.3) is 22.4 Å². The van der Waals surface area contributed by atoms with E-state index in [1.807, 2.05) is 5.38 Å². The first-order valence-electron chi connectivity index (χ1n) is 10.3. The van der Waals surface area contributed by atoms with Crippen LogP contribution in [0.1, 0.15) is 20.0 Å². The van der Waals surface area contributed by atoms with Gasteiger partial charge in [0.2, 0.25) is 5.89 Å². The van der Waals surface area contributed by atoms with E-state index in [-0.39, 0.29) is 17.7 Å². The maximum atomic E-state index is 12.7. The van der Waals surface area contributed by atoms with Gasteiger partial charge in [-0.3, -0.25) is 9.59 Å². The average molecular weight is 468 g/mol. The molecule has 7 nitrogen and oxygen atoms in total. The predicted molar refractivity (Wildman–Crippen MR) is 132 cm³/mol. The van der Waals surface area contributed by atoms with Gasteiger partial charge in [0.25, 0.3) is 11.8 Å². The number of nitrogens with one attached hydrogen (secondary N) is 2. The Labute approximate surface area is 197 Å². The van der Waals surface area contributed by atoms with Crippen molar-refractivity contribution in [2.75, 3.05) is 10.6 Å². The Morgan fingerprint density at radius 1 is 0.794 bits per heavy atom. The summed E-state index contributed by atoms with van der Waals surface area (Å²) in [5.41, 5.74) is 2.19. The number of carbonyl (C=O) groups is 2. The Morgan fingerprint density at radius 3 is 2.38 bits per heavy atom. The average Bonchev–Trinajstić information content (AvgIpc) is 3.40. The number of hydrogen-bond donors (Lipinski definition) is 2. The van der Waals surface area contributed by atoms with Gasteiger partial charge in [-0.1, -0.05) is 24.3 Å². The van der Waals surface area contributed by atoms with Gasteiger partial charge in [0.05, 0.1) is 15.8 Å². The topological polar surface area (TPSA) is 101 Å². The van der Waals surface area contributed by atoms with Crippen molar-refractivity contribution in [2.45, 2.75) is 0 Å². The Kier molecular flexibility index (Phi) is 5.72. The molecule has 0 aliphatic heterocycles. The highest BCUT2D eigenvalue weighted by atomic mass is 32.1. The zero-order chi connectivity index (χ0) is 23.5. The zero-order valence-electron chi connectivity index (χ0n) is 17.6. The Hall–Kier alpha value is -4.56. The quantitative estimate of drug-likeness (QED) is 0.359. The molecule has 2 aromatic heterocycles. The molecular weight excluding hydrogens is 450 g/mol. The number of nitrogens with zero attached hydrogens (tertiary/aromatic N) is 1. The molecule has 0 radical (unpaired) electrons. The van der Waals surface area contributed by atoms with Crippen molar-refractivity contribution in [3.8, 4) is 11.5 Å². The predicted octanol–water partition coefficient (Wildman–Crippen LogP) is 5.42. The lowest BCUT2D eigenvalue weighted by Crippen LogP contribution is -2.14. The largest absolute Gasteiger partial charge is 0.403 e. The van der Waals surface area contributed by atoms with E-state index >= 15 is 0 Å². The van der Waals surface area contributed by atoms with E-state index in [9.17, 15) is 14.4 Å². The van der Waals surface area contributed by atoms with Crippen LogP contribution in [0, 0.1) is 0 Å². The lowest BCUT2D eigenvalue weighted by atomic mass is 10.1. The molecule has 2 amide bonds. The van der Waals surface area contributed by atoms with Crippen molar-refractivity contribution in [1.82, 2.24) is 4.98 Å². The molecule has 0 aliphatic rings. The number of anilines is 2. The second-order valence-corrected chi connectivity index (χ2v) is 8.32. The van der Waals surface area contributed by atoms with E-state index in [0.29, 0.717) is 38.3 Å². The highest BCUT2D eigenvalue weighted by Crippen LogP contribution is 2.22. The lowest BCUT2D eigenvalue weighted by molar-refractivity contribution is 0.101. The highest BCUT2D eigenvalue weighted by Gasteiger charge is 2.12. The highest BCUT2D eigenvalue weighted by molar-refractivity contribution is 7.12. The summed E-state index contributed by atoms with van der Waals surface area (Å²) < 4.78 is 5.35. The van der Waals surface area contributed by atoms with Crippen LogP contribution in [0.4, 0.5) is 11.4 Å². The molecule has 0 fully saturated rings. The SMILES string of the molecule is O=C(Nc1ccc(-c2nc3ccccc3c(=O)o2)cc1)c1cccc(NC(=O)c2cccs2)c1. The van der Waals surface area contributed by atoms with Crippen LogP contribution in [0.5, 0.6) is 0 Å². The van der Waals surface area contributed by atoms with Crippen LogP contribution in [0.2, 0.25) is 0 Å². The van der Waals surface area contributed by atoms with Crippen molar-refractivity contribution < 1.29 is 14.0 Å². The van der Waals surface area contributed by atoms with Crippen molar-refractivity contribution in [3.05, 3.63) is 111 Å². The number of amides is 2. The normalized spacial score (nSPS) is 10.7. The second-order valence-electron chi connectivity index (χ2n) is 7.37. The number of para-hydroxylation sites is 1. The molecule has 3 aromatic carbocycles. The molecule has 0 aliphatic carbocycles. The molecule has 5 aromatic rings. The number of hydrogen-bond acceptors (Lipinski definition) is 6. The van der Waals surface area contributed by atoms with E-state index in [0.717, 1.165) is 0 Å². The molecule has 0 spiro atoms. The second kappa shape index (κ2) is 9.13. The van der Waals surface area contributed by atoms with Crippen LogP contribution < -0.4 is 16.3 Å². The third-order valence-electron chi connectivity index (χ3n) is 5.05. The van der Waals surface area contributed by atoms with E-state index < -0.39 is 5.63 Å². The fourth-order valence-electron chi connectivity index (χ4n) is 3.38. The van der Waals surface area contributed by atoms with Gasteiger partial charge >= 0.3 is 5.63 Å². The summed E-state index contributed by atoms with van der Waals surface area (Å²) in [7, 11) is 0. The maximum Gasteiger partial charge on any atom is 0.347 e. The van der Waals surface area contributed by atoms with E-state index in [2.05, 4.69) is 15.6 Å². The molecule has 2 heterocycles. The maximum absolute atomic E-state index is 12.7. The van der Waals surface area contributed by atoms with Crippen LogP contribution in [-0.4, -0.2) is 16.8 Å². The monoisotopic (exact) mass is 467 g/mol. The molecule has 8 heteroatoms. The molecule has 0 saturated carbocycles. The minimum Gasteiger partial charge on any atom is -0.403 e. The van der Waals surface area contributed by atoms with Gasteiger partial charge in [-0.2, -0.15) is 0 Å². The molecule has 34 heavy (non-hydrogen) atoms. The van der Waals surface area contributed by atoms with Crippen molar-refractivity contribution in [2.24, 2.45) is 0 Å². The summed E-state index contributed by atoms with van der Waals surface area (Å²) >= 11 is 1.34. The van der Waals surface area contributed by atoms with Gasteiger partial charge in [0, 0.05) is 22.5 Å². The lowest BCUT2D eigenvalue weighted by Gasteiger charge is -2.09. The van der Waals surface area contributed by atoms with Crippen LogP contribution >= 0.6 is 11.3 Å². The van der Waals surface area contributed by atoms with E-state index in [1.165, 1.54) is 11.3 Å². The Balaban J connectivity index is 1.30. The van der Waals surface area contributed by atoms with Gasteiger partial charge in [0.1, 0.15) is 0 Å². The third kappa shape index (κ3) is 4.48. The fraction of sp³-hybridized carbons (Fsp3) is 0. The van der Waals surface area contributed by atoms with Crippen LogP contribution in [0.15, 0.2) is 99.5 Å². The number of rotatable bonds is 5. The van der Waals surface area contributed by atoms with Gasteiger partial charge in [-0.15, -0.1) is 11.3 Å². The minimum atomic E-state index is -0.455. The first kappa shape index (κ1) is 21.3. The number of aromatic nitrogens is 1. The van der Waals surface area contributed by atoms with E-state index in [4.69, 9.17) is 4.42 Å². The summed E-state index contributed by atoms with van der Waals surface area (Å²) in [6.07, 6.45) is 0. The Bertz CT molecular complexity index is 1560. The van der Waals surface area contributed by atoms with Crippen molar-refractivity contribution in [1.29, 1.82) is 0 Å². The minimum absolute atomic E-state index is 0.204. The van der Waals surface area contributed by atoms with Gasteiger partial charge in [0.15, 0.2) is 0 Å². The van der Waals surface area contributed by atoms with Gasteiger partial charge < -0.3 is 15.1 Å². The summed E-state index contributed by atoms with van der Waals surface area (Å²) in [6, 6.07) is 24.1. The summed E-state index contributed by atoms with van der Waals surface area (Å²) in [4.78, 5) is 42.2. The zero-order valence-corrected chi connectivity index (χ0v) is 18.5. The molecule has 5 rings (SSSR count). The van der Waals surface area contributed by atoms with Gasteiger partial charge in [-0.05, 0) is 66.0 Å². The fourth-order valence-corrected chi connectivity index (χ4v) is 4.00. The molecule has 0 atom stereocenters. The summed E-state index contributed by atoms with van der Waals surface area (Å²) in [5, 5.41) is 7.87. The summed E-state index contributed by atoms with van der Waals surface area (Å²) in [5.74, 6) is -0.344. The molecular formula is C26H17N3O4S. The molecule has 0 saturated heterocycles. The molecule has 2 N–H and O–H groups in total.